The highest BCUT2D eigenvalue weighted by atomic mass is 32.1. The van der Waals surface area contributed by atoms with E-state index in [9.17, 15) is 0 Å². The molecule has 0 aliphatic heterocycles. The molecule has 0 saturated carbocycles. The molecule has 3 aromatic heterocycles. The van der Waals surface area contributed by atoms with E-state index >= 15 is 0 Å². The van der Waals surface area contributed by atoms with Gasteiger partial charge in [0.1, 0.15) is 0 Å². The second-order valence-electron chi connectivity index (χ2n) is 4.57. The summed E-state index contributed by atoms with van der Waals surface area (Å²) in [5.41, 5.74) is 3.81. The van der Waals surface area contributed by atoms with Crippen LogP contribution in [0.2, 0.25) is 0 Å². The van der Waals surface area contributed by atoms with E-state index in [1.807, 2.05) is 17.5 Å². The Kier molecular flexibility index (Phi) is 4.30. The van der Waals surface area contributed by atoms with Gasteiger partial charge in [-0.05, 0) is 34.9 Å². The molecular formula is C15H17N3S2. The summed E-state index contributed by atoms with van der Waals surface area (Å²) in [6.07, 6.45) is 3.02. The number of thiophene rings is 2. The second-order valence-corrected chi connectivity index (χ2v) is 6.52. The predicted octanol–water partition coefficient (Wildman–Crippen LogP) is 4.05. The van der Waals surface area contributed by atoms with Crippen LogP contribution >= 0.6 is 22.7 Å². The van der Waals surface area contributed by atoms with E-state index in [1.165, 1.54) is 20.9 Å². The average Bonchev–Trinajstić information content (AvgIpc) is 3.20. The number of hydrogen-bond donors (Lipinski definition) is 2. The zero-order valence-corrected chi connectivity index (χ0v) is 13.0. The molecular weight excluding hydrogens is 286 g/mol. The first-order valence-electron chi connectivity index (χ1n) is 6.70. The number of hydrogen-bond acceptors (Lipinski definition) is 4. The molecule has 0 radical (unpaired) electrons. The highest BCUT2D eigenvalue weighted by molar-refractivity contribution is 7.13. The number of H-pyrrole nitrogens is 1. The number of nitrogens with one attached hydrogen (secondary N) is 2. The maximum Gasteiger partial charge on any atom is 0.0794 e. The van der Waals surface area contributed by atoms with Gasteiger partial charge in [-0.25, -0.2) is 0 Å². The lowest BCUT2D eigenvalue weighted by atomic mass is 10.2. The van der Waals surface area contributed by atoms with E-state index in [0.29, 0.717) is 0 Å². The molecule has 0 atom stereocenters. The Hall–Kier alpha value is -1.43. The van der Waals surface area contributed by atoms with E-state index in [2.05, 4.69) is 51.4 Å². The molecule has 5 heteroatoms. The van der Waals surface area contributed by atoms with Crippen molar-refractivity contribution in [1.29, 1.82) is 0 Å². The molecule has 0 spiro atoms. The normalized spacial score (nSPS) is 11.1. The number of aromatic nitrogens is 2. The largest absolute Gasteiger partial charge is 0.308 e. The predicted molar refractivity (Wildman–Crippen MR) is 86.1 cm³/mol. The molecule has 20 heavy (non-hydrogen) atoms. The topological polar surface area (TPSA) is 40.7 Å². The first kappa shape index (κ1) is 13.5. The Morgan fingerprint density at radius 3 is 2.90 bits per heavy atom. The molecule has 3 nitrogen and oxygen atoms in total. The highest BCUT2D eigenvalue weighted by Gasteiger charge is 2.08. The van der Waals surface area contributed by atoms with Gasteiger partial charge in [-0.15, -0.1) is 22.7 Å². The van der Waals surface area contributed by atoms with Crippen LogP contribution in [0.15, 0.2) is 35.2 Å². The summed E-state index contributed by atoms with van der Waals surface area (Å²) in [4.78, 5) is 2.68. The summed E-state index contributed by atoms with van der Waals surface area (Å²) in [5, 5.41) is 15.1. The lowest BCUT2D eigenvalue weighted by molar-refractivity contribution is 0.698. The van der Waals surface area contributed by atoms with E-state index in [4.69, 9.17) is 0 Å². The maximum atomic E-state index is 4.17. The summed E-state index contributed by atoms with van der Waals surface area (Å²) in [7, 11) is 0. The monoisotopic (exact) mass is 303 g/mol. The zero-order valence-electron chi connectivity index (χ0n) is 11.3. The van der Waals surface area contributed by atoms with E-state index in [1.54, 1.807) is 11.3 Å². The van der Waals surface area contributed by atoms with E-state index < -0.39 is 0 Å². The number of aryl methyl sites for hydroxylation is 1. The average molecular weight is 303 g/mol. The van der Waals surface area contributed by atoms with Crippen LogP contribution in [0, 0.1) is 0 Å². The van der Waals surface area contributed by atoms with Gasteiger partial charge in [0.15, 0.2) is 0 Å². The quantitative estimate of drug-likeness (QED) is 0.721. The van der Waals surface area contributed by atoms with Gasteiger partial charge in [0.05, 0.1) is 16.8 Å². The molecule has 104 valence electrons. The minimum atomic E-state index is 0.838. The summed E-state index contributed by atoms with van der Waals surface area (Å²) in [6, 6.07) is 6.41. The summed E-state index contributed by atoms with van der Waals surface area (Å²) in [6.45, 7) is 3.97. The summed E-state index contributed by atoms with van der Waals surface area (Å²) >= 11 is 3.56. The first-order chi connectivity index (χ1) is 9.88. The summed E-state index contributed by atoms with van der Waals surface area (Å²) < 4.78 is 0. The van der Waals surface area contributed by atoms with Crippen molar-refractivity contribution in [2.24, 2.45) is 0 Å². The van der Waals surface area contributed by atoms with Crippen molar-refractivity contribution < 1.29 is 0 Å². The van der Waals surface area contributed by atoms with Crippen molar-refractivity contribution >= 4 is 22.7 Å². The molecule has 2 N–H and O–H groups in total. The fourth-order valence-electron chi connectivity index (χ4n) is 2.23. The lowest BCUT2D eigenvalue weighted by Crippen LogP contribution is -2.12. The molecule has 0 unspecified atom stereocenters. The van der Waals surface area contributed by atoms with E-state index in [0.717, 1.165) is 25.2 Å². The molecule has 3 heterocycles. The van der Waals surface area contributed by atoms with Gasteiger partial charge in [0.2, 0.25) is 0 Å². The Labute approximate surface area is 126 Å². The second kappa shape index (κ2) is 6.35. The number of rotatable bonds is 6. The minimum absolute atomic E-state index is 0.838. The Morgan fingerprint density at radius 1 is 1.15 bits per heavy atom. The van der Waals surface area contributed by atoms with Crippen LogP contribution in [-0.2, 0) is 19.5 Å². The Bertz CT molecular complexity index is 652. The van der Waals surface area contributed by atoms with E-state index in [-0.39, 0.29) is 0 Å². The number of aromatic amines is 1. The molecule has 0 aliphatic rings. The third-order valence-corrected chi connectivity index (χ3v) is 5.16. The van der Waals surface area contributed by atoms with Crippen LogP contribution in [0.3, 0.4) is 0 Å². The zero-order chi connectivity index (χ0) is 13.8. The lowest BCUT2D eigenvalue weighted by Gasteiger charge is -2.05. The molecule has 0 aromatic carbocycles. The third-order valence-electron chi connectivity index (χ3n) is 3.31. The molecule has 3 aromatic rings. The Balaban J connectivity index is 1.64. The van der Waals surface area contributed by atoms with Gasteiger partial charge >= 0.3 is 0 Å². The van der Waals surface area contributed by atoms with Crippen molar-refractivity contribution in [3.8, 4) is 10.6 Å². The third kappa shape index (κ3) is 2.85. The van der Waals surface area contributed by atoms with Gasteiger partial charge in [0, 0.05) is 23.5 Å². The Morgan fingerprint density at radius 2 is 2.10 bits per heavy atom. The fourth-order valence-corrected chi connectivity index (χ4v) is 3.93. The SMILES string of the molecule is CCc1ccsc1CNCc1cn[nH]c1-c1cccs1. The molecule has 0 fully saturated rings. The fraction of sp³-hybridized carbons (Fsp3) is 0.267. The van der Waals surface area contributed by atoms with Gasteiger partial charge in [0.25, 0.3) is 0 Å². The first-order valence-corrected chi connectivity index (χ1v) is 8.46. The van der Waals surface area contributed by atoms with Crippen molar-refractivity contribution in [2.45, 2.75) is 26.4 Å². The molecule has 0 amide bonds. The van der Waals surface area contributed by atoms with Crippen LogP contribution in [0.1, 0.15) is 22.9 Å². The molecule has 0 aliphatic carbocycles. The van der Waals surface area contributed by atoms with Gasteiger partial charge in [-0.3, -0.25) is 5.10 Å². The van der Waals surface area contributed by atoms with Gasteiger partial charge < -0.3 is 5.32 Å². The molecule has 0 bridgehead atoms. The van der Waals surface area contributed by atoms with Gasteiger partial charge in [-0.2, -0.15) is 5.10 Å². The standard InChI is InChI=1S/C15H17N3S2/c1-2-11-5-7-20-14(11)10-16-8-12-9-17-18-15(12)13-4-3-6-19-13/h3-7,9,16H,2,8,10H2,1H3,(H,17,18). The van der Waals surface area contributed by atoms with Crippen LogP contribution in [0.25, 0.3) is 10.6 Å². The van der Waals surface area contributed by atoms with Crippen molar-refractivity contribution in [3.05, 3.63) is 51.2 Å². The number of nitrogens with zero attached hydrogens (tertiary/aromatic N) is 1. The molecule has 3 rings (SSSR count). The van der Waals surface area contributed by atoms with Crippen molar-refractivity contribution in [2.75, 3.05) is 0 Å². The van der Waals surface area contributed by atoms with Crippen LogP contribution in [0.4, 0.5) is 0 Å². The highest BCUT2D eigenvalue weighted by Crippen LogP contribution is 2.25. The van der Waals surface area contributed by atoms with Gasteiger partial charge in [-0.1, -0.05) is 13.0 Å². The van der Waals surface area contributed by atoms with Crippen molar-refractivity contribution in [1.82, 2.24) is 15.5 Å². The van der Waals surface area contributed by atoms with Crippen molar-refractivity contribution in [3.63, 3.8) is 0 Å². The molecule has 0 saturated heterocycles. The van der Waals surface area contributed by atoms with Crippen LogP contribution in [-0.4, -0.2) is 10.2 Å². The van der Waals surface area contributed by atoms with Crippen LogP contribution in [0.5, 0.6) is 0 Å². The minimum Gasteiger partial charge on any atom is -0.308 e. The summed E-state index contributed by atoms with van der Waals surface area (Å²) in [5.74, 6) is 0. The smallest absolute Gasteiger partial charge is 0.0794 e. The van der Waals surface area contributed by atoms with Crippen LogP contribution < -0.4 is 5.32 Å². The maximum absolute atomic E-state index is 4.17.